The second-order valence-electron chi connectivity index (χ2n) is 5.53. The maximum Gasteiger partial charge on any atom is 0.254 e. The topological polar surface area (TPSA) is 55.6 Å². The van der Waals surface area contributed by atoms with Crippen molar-refractivity contribution in [2.45, 2.75) is 26.5 Å². The van der Waals surface area contributed by atoms with E-state index >= 15 is 0 Å². The third-order valence-electron chi connectivity index (χ3n) is 3.77. The quantitative estimate of drug-likeness (QED) is 0.741. The fraction of sp³-hybridized carbons (Fsp3) is 0.353. The molecule has 1 unspecified atom stereocenters. The third-order valence-corrected chi connectivity index (χ3v) is 5.33. The first-order valence-corrected chi connectivity index (χ1v) is 9.03. The van der Waals surface area contributed by atoms with Gasteiger partial charge in [0.15, 0.2) is 0 Å². The van der Waals surface area contributed by atoms with E-state index in [2.05, 4.69) is 15.9 Å². The molecular weight excluding hydrogens is 412 g/mol. The van der Waals surface area contributed by atoms with Gasteiger partial charge >= 0.3 is 0 Å². The zero-order valence-electron chi connectivity index (χ0n) is 13.9. The average Bonchev–Trinajstić information content (AvgIpc) is 2.97. The number of hydrogen-bond donors (Lipinski definition) is 1. The van der Waals surface area contributed by atoms with Crippen LogP contribution in [0.1, 0.15) is 28.4 Å². The highest BCUT2D eigenvalue weighted by Gasteiger charge is 2.17. The van der Waals surface area contributed by atoms with Gasteiger partial charge in [-0.15, -0.1) is 23.7 Å². The monoisotopic (exact) mass is 432 g/mol. The molecule has 0 aliphatic carbocycles. The fourth-order valence-corrected chi connectivity index (χ4v) is 3.23. The summed E-state index contributed by atoms with van der Waals surface area (Å²) in [5.41, 5.74) is 8.36. The molecule has 1 aromatic carbocycles. The molecule has 2 rings (SSSR count). The van der Waals surface area contributed by atoms with Crippen molar-refractivity contribution in [1.29, 1.82) is 0 Å². The summed E-state index contributed by atoms with van der Waals surface area (Å²) in [7, 11) is 1.77. The molecule has 0 radical (unpaired) electrons. The van der Waals surface area contributed by atoms with Crippen molar-refractivity contribution in [2.75, 3.05) is 13.6 Å². The molecule has 1 heterocycles. The van der Waals surface area contributed by atoms with Crippen LogP contribution in [0.3, 0.4) is 0 Å². The number of hydrogen-bond acceptors (Lipinski definition) is 4. The minimum absolute atomic E-state index is 0. The maximum atomic E-state index is 12.5. The van der Waals surface area contributed by atoms with Crippen LogP contribution in [0.25, 0.3) is 0 Å². The van der Waals surface area contributed by atoms with Gasteiger partial charge in [-0.25, -0.2) is 0 Å². The number of nitrogens with zero attached hydrogens (tertiary/aromatic N) is 1. The molecule has 0 aliphatic heterocycles. The predicted molar refractivity (Wildman–Crippen MR) is 105 cm³/mol. The van der Waals surface area contributed by atoms with Crippen molar-refractivity contribution in [3.8, 4) is 5.75 Å². The van der Waals surface area contributed by atoms with Gasteiger partial charge in [-0.05, 0) is 58.9 Å². The highest BCUT2D eigenvalue weighted by Crippen LogP contribution is 2.25. The van der Waals surface area contributed by atoms with E-state index in [4.69, 9.17) is 10.5 Å². The molecule has 0 aliphatic rings. The first-order chi connectivity index (χ1) is 10.9. The Morgan fingerprint density at radius 2 is 2.12 bits per heavy atom. The van der Waals surface area contributed by atoms with E-state index in [1.54, 1.807) is 29.4 Å². The molecule has 0 saturated carbocycles. The lowest BCUT2D eigenvalue weighted by Gasteiger charge is -2.24. The van der Waals surface area contributed by atoms with Crippen molar-refractivity contribution in [1.82, 2.24) is 4.90 Å². The van der Waals surface area contributed by atoms with Gasteiger partial charge in [-0.3, -0.25) is 4.79 Å². The largest absolute Gasteiger partial charge is 0.489 e. The summed E-state index contributed by atoms with van der Waals surface area (Å²) in [6.07, 6.45) is 0. The maximum absolute atomic E-state index is 12.5. The smallest absolute Gasteiger partial charge is 0.254 e. The van der Waals surface area contributed by atoms with Crippen LogP contribution in [0, 0.1) is 6.92 Å². The van der Waals surface area contributed by atoms with Gasteiger partial charge in [-0.2, -0.15) is 0 Å². The minimum atomic E-state index is -0.0499. The number of halogens is 2. The number of benzene rings is 1. The van der Waals surface area contributed by atoms with E-state index in [0.717, 1.165) is 20.7 Å². The molecule has 4 nitrogen and oxygen atoms in total. The Balaban J connectivity index is 0.00000288. The van der Waals surface area contributed by atoms with Gasteiger partial charge in [0.1, 0.15) is 12.4 Å². The van der Waals surface area contributed by atoms with E-state index in [0.29, 0.717) is 18.7 Å². The average molecular weight is 434 g/mol. The SMILES string of the molecule is Cc1ccc(C(=O)N(C)C(C)CN)cc1OCc1csc(Br)c1.Cl. The summed E-state index contributed by atoms with van der Waals surface area (Å²) in [6.45, 7) is 4.82. The lowest BCUT2D eigenvalue weighted by molar-refractivity contribution is 0.0748. The molecule has 0 fully saturated rings. The summed E-state index contributed by atoms with van der Waals surface area (Å²) in [4.78, 5) is 14.2. The van der Waals surface area contributed by atoms with Crippen LogP contribution < -0.4 is 10.5 Å². The normalized spacial score (nSPS) is 11.5. The second kappa shape index (κ2) is 9.42. The number of nitrogens with two attached hydrogens (primary N) is 1. The Kier molecular flexibility index (Phi) is 8.22. The summed E-state index contributed by atoms with van der Waals surface area (Å²) in [5.74, 6) is 0.679. The Morgan fingerprint density at radius 3 is 2.71 bits per heavy atom. The Hall–Kier alpha value is -1.08. The van der Waals surface area contributed by atoms with Crippen molar-refractivity contribution in [3.05, 3.63) is 50.1 Å². The highest BCUT2D eigenvalue weighted by molar-refractivity contribution is 9.11. The molecule has 2 aromatic rings. The first kappa shape index (κ1) is 21.0. The van der Waals surface area contributed by atoms with E-state index < -0.39 is 0 Å². The molecule has 0 spiro atoms. The van der Waals surface area contributed by atoms with Crippen molar-refractivity contribution >= 4 is 45.6 Å². The molecular formula is C17H22BrClN2O2S. The predicted octanol–water partition coefficient (Wildman–Crippen LogP) is 4.24. The molecule has 1 aromatic heterocycles. The summed E-state index contributed by atoms with van der Waals surface area (Å²) >= 11 is 5.07. The minimum Gasteiger partial charge on any atom is -0.489 e. The number of likely N-dealkylation sites (N-methyl/N-ethyl adjacent to an activating group) is 1. The molecule has 2 N–H and O–H groups in total. The number of amides is 1. The number of carbonyl (C=O) groups excluding carboxylic acids is 1. The molecule has 24 heavy (non-hydrogen) atoms. The van der Waals surface area contributed by atoms with Crippen LogP contribution in [-0.4, -0.2) is 30.4 Å². The number of thiophene rings is 1. The van der Waals surface area contributed by atoms with Gasteiger partial charge in [-0.1, -0.05) is 6.07 Å². The van der Waals surface area contributed by atoms with Crippen LogP contribution in [0.2, 0.25) is 0 Å². The van der Waals surface area contributed by atoms with Crippen molar-refractivity contribution in [2.24, 2.45) is 5.73 Å². The van der Waals surface area contributed by atoms with Crippen molar-refractivity contribution < 1.29 is 9.53 Å². The molecule has 0 saturated heterocycles. The number of carbonyl (C=O) groups is 1. The van der Waals surface area contributed by atoms with Gasteiger partial charge in [0.25, 0.3) is 5.91 Å². The lowest BCUT2D eigenvalue weighted by Crippen LogP contribution is -2.39. The molecule has 1 amide bonds. The number of rotatable bonds is 6. The fourth-order valence-electron chi connectivity index (χ4n) is 2.03. The van der Waals surface area contributed by atoms with Gasteiger partial charge in [0.2, 0.25) is 0 Å². The van der Waals surface area contributed by atoms with Crippen LogP contribution in [0.15, 0.2) is 33.4 Å². The van der Waals surface area contributed by atoms with Crippen LogP contribution in [0.5, 0.6) is 5.75 Å². The van der Waals surface area contributed by atoms with Gasteiger partial charge < -0.3 is 15.4 Å². The highest BCUT2D eigenvalue weighted by atomic mass is 79.9. The van der Waals surface area contributed by atoms with Crippen molar-refractivity contribution in [3.63, 3.8) is 0 Å². The lowest BCUT2D eigenvalue weighted by atomic mass is 10.1. The number of aryl methyl sites for hydroxylation is 1. The van der Waals surface area contributed by atoms with Crippen LogP contribution in [-0.2, 0) is 6.61 Å². The Bertz CT molecular complexity index is 693. The van der Waals surface area contributed by atoms with E-state index in [1.807, 2.05) is 37.4 Å². The second-order valence-corrected chi connectivity index (χ2v) is 7.82. The first-order valence-electron chi connectivity index (χ1n) is 7.36. The van der Waals surface area contributed by atoms with Gasteiger partial charge in [0.05, 0.1) is 3.79 Å². The Labute approximate surface area is 161 Å². The molecule has 0 bridgehead atoms. The summed E-state index contributed by atoms with van der Waals surface area (Å²) < 4.78 is 6.96. The third kappa shape index (κ3) is 5.21. The summed E-state index contributed by atoms with van der Waals surface area (Å²) in [5, 5.41) is 2.05. The van der Waals surface area contributed by atoms with Gasteiger partial charge in [0, 0.05) is 30.8 Å². The zero-order valence-corrected chi connectivity index (χ0v) is 17.1. The van der Waals surface area contributed by atoms with E-state index in [-0.39, 0.29) is 24.4 Å². The molecule has 132 valence electrons. The standard InChI is InChI=1S/C17H21BrN2O2S.ClH/c1-11-4-5-14(17(21)20(3)12(2)8-19)7-15(11)22-9-13-6-16(18)23-10-13;/h4-7,10,12H,8-9,19H2,1-3H3;1H. The molecule has 1 atom stereocenters. The van der Waals surface area contributed by atoms with Crippen LogP contribution >= 0.6 is 39.7 Å². The number of ether oxygens (including phenoxy) is 1. The zero-order chi connectivity index (χ0) is 17.0. The summed E-state index contributed by atoms with van der Waals surface area (Å²) in [6, 6.07) is 7.57. The molecule has 7 heteroatoms. The van der Waals surface area contributed by atoms with E-state index in [9.17, 15) is 4.79 Å². The Morgan fingerprint density at radius 1 is 1.42 bits per heavy atom. The van der Waals surface area contributed by atoms with E-state index in [1.165, 1.54) is 0 Å². The van der Waals surface area contributed by atoms with Crippen LogP contribution in [0.4, 0.5) is 0 Å².